The summed E-state index contributed by atoms with van der Waals surface area (Å²) in [6, 6.07) is 0. The Morgan fingerprint density at radius 1 is 0.500 bits per heavy atom. The van der Waals surface area contributed by atoms with Crippen molar-refractivity contribution in [2.24, 2.45) is 0 Å². The largest absolute Gasteiger partial charge is 2.00 e. The molecule has 0 saturated carbocycles. The van der Waals surface area contributed by atoms with Crippen LogP contribution in [-0.2, 0) is 33.8 Å². The van der Waals surface area contributed by atoms with Gasteiger partial charge in [0.1, 0.15) is 0 Å². The third kappa shape index (κ3) is 243. The second-order valence-electron chi connectivity index (χ2n) is 0. The van der Waals surface area contributed by atoms with Crippen LogP contribution in [0.3, 0.4) is 0 Å². The average Bonchev–Trinajstić information content (AvgIpc) is 2.03. The van der Waals surface area contributed by atoms with Crippen LogP contribution in [0.15, 0.2) is 0 Å². The van der Waals surface area contributed by atoms with E-state index in [2.05, 4.69) is 0 Å². The molecule has 0 aliphatic carbocycles. The van der Waals surface area contributed by atoms with Crippen LogP contribution in [0, 0.1) is 47.3 Å². The minimum atomic E-state index is 0. The van der Waals surface area contributed by atoms with Gasteiger partial charge in [-0.05, 0) is 0 Å². The standard InChI is InChI=1S/4CN.Co.Mn/c4*1-2;;/q4*-1;2*+2. The Morgan fingerprint density at radius 2 is 0.500 bits per heavy atom. The molecular formula is C4CoMnN4. The Hall–Kier alpha value is -1.01. The van der Waals surface area contributed by atoms with Gasteiger partial charge in [0.15, 0.2) is 0 Å². The van der Waals surface area contributed by atoms with Crippen LogP contribution < -0.4 is 0 Å². The van der Waals surface area contributed by atoms with Crippen molar-refractivity contribution in [3.63, 3.8) is 0 Å². The summed E-state index contributed by atoms with van der Waals surface area (Å²) in [5, 5.41) is 25.0. The molecule has 6 heteroatoms. The molecule has 0 aliphatic heterocycles. The molecule has 0 aromatic heterocycles. The topological polar surface area (TPSA) is 95.2 Å². The van der Waals surface area contributed by atoms with Gasteiger partial charge in [-0.3, -0.25) is 0 Å². The summed E-state index contributed by atoms with van der Waals surface area (Å²) in [7, 11) is 0. The molecule has 0 rings (SSSR count). The molecule has 0 aliphatic rings. The Bertz CT molecular complexity index is 60.2. The van der Waals surface area contributed by atoms with Gasteiger partial charge in [-0.2, -0.15) is 0 Å². The summed E-state index contributed by atoms with van der Waals surface area (Å²) in [6.45, 7) is 19.0. The van der Waals surface area contributed by atoms with Crippen LogP contribution in [0.4, 0.5) is 0 Å². The summed E-state index contributed by atoms with van der Waals surface area (Å²) >= 11 is 0. The zero-order valence-corrected chi connectivity index (χ0v) is 6.72. The predicted octanol–water partition coefficient (Wildman–Crippen LogP) is 0.380. The van der Waals surface area contributed by atoms with E-state index in [1.165, 1.54) is 0 Å². The molecule has 0 N–H and O–H groups in total. The van der Waals surface area contributed by atoms with E-state index in [4.69, 9.17) is 47.3 Å². The van der Waals surface area contributed by atoms with E-state index in [-0.39, 0.29) is 33.8 Å². The summed E-state index contributed by atoms with van der Waals surface area (Å²) in [5.74, 6) is 0. The molecule has 0 saturated heterocycles. The van der Waals surface area contributed by atoms with Crippen molar-refractivity contribution in [1.82, 2.24) is 0 Å². The third-order valence-corrected chi connectivity index (χ3v) is 0. The first-order chi connectivity index (χ1) is 4.00. The Kier molecular flexibility index (Phi) is 2440. The molecule has 4 nitrogen and oxygen atoms in total. The van der Waals surface area contributed by atoms with Gasteiger partial charge in [0, 0.05) is 0 Å². The smallest absolute Gasteiger partial charge is 0.512 e. The Labute approximate surface area is 81.3 Å². The molecule has 0 spiro atoms. The summed E-state index contributed by atoms with van der Waals surface area (Å²) in [5.41, 5.74) is 0. The normalized spacial score (nSPS) is 0.800. The van der Waals surface area contributed by atoms with Gasteiger partial charge in [-0.25, -0.2) is 0 Å². The van der Waals surface area contributed by atoms with Crippen LogP contribution in [0.25, 0.3) is 0 Å². The second kappa shape index (κ2) is 379. The summed E-state index contributed by atoms with van der Waals surface area (Å²) in [4.78, 5) is 0. The van der Waals surface area contributed by atoms with Crippen molar-refractivity contribution in [2.75, 3.05) is 0 Å². The number of nitrogens with zero attached hydrogens (tertiary/aromatic N) is 4. The molecule has 0 aromatic rings. The molecule has 0 fully saturated rings. The maximum Gasteiger partial charge on any atom is 2.00 e. The quantitative estimate of drug-likeness (QED) is 0.433. The molecule has 2 radical (unpaired) electrons. The Balaban J connectivity index is -0.00000000500. The molecular weight excluding hydrogens is 218 g/mol. The van der Waals surface area contributed by atoms with Gasteiger partial charge < -0.3 is 47.3 Å². The number of hydrogen-bond donors (Lipinski definition) is 0. The molecule has 52 valence electrons. The van der Waals surface area contributed by atoms with Gasteiger partial charge >= 0.3 is 33.8 Å². The maximum atomic E-state index is 6.25. The van der Waals surface area contributed by atoms with Gasteiger partial charge in [0.25, 0.3) is 0 Å². The molecule has 0 unspecified atom stereocenters. The van der Waals surface area contributed by atoms with E-state index in [0.717, 1.165) is 0 Å². The fourth-order valence-electron chi connectivity index (χ4n) is 0. The molecule has 0 atom stereocenters. The zero-order valence-electron chi connectivity index (χ0n) is 4.50. The van der Waals surface area contributed by atoms with Crippen LogP contribution in [0.5, 0.6) is 0 Å². The molecule has 0 amide bonds. The van der Waals surface area contributed by atoms with Crippen molar-refractivity contribution in [3.8, 4) is 0 Å². The van der Waals surface area contributed by atoms with Gasteiger partial charge in [0.05, 0.1) is 0 Å². The van der Waals surface area contributed by atoms with Crippen LogP contribution >= 0.6 is 0 Å². The van der Waals surface area contributed by atoms with Gasteiger partial charge in [-0.1, -0.05) is 0 Å². The van der Waals surface area contributed by atoms with Crippen molar-refractivity contribution >= 4 is 0 Å². The van der Waals surface area contributed by atoms with Crippen LogP contribution in [0.2, 0.25) is 0 Å². The minimum absolute atomic E-state index is 0. The first-order valence-electron chi connectivity index (χ1n) is 0.894. The van der Waals surface area contributed by atoms with Crippen LogP contribution in [-0.4, -0.2) is 0 Å². The molecule has 10 heavy (non-hydrogen) atoms. The van der Waals surface area contributed by atoms with Gasteiger partial charge in [0.2, 0.25) is 0 Å². The summed E-state index contributed by atoms with van der Waals surface area (Å²) in [6.07, 6.45) is 0. The van der Waals surface area contributed by atoms with E-state index in [1.807, 2.05) is 0 Å². The maximum absolute atomic E-state index is 6.25. The zero-order chi connectivity index (χ0) is 8.00. The Morgan fingerprint density at radius 3 is 0.500 bits per heavy atom. The first kappa shape index (κ1) is 64.3. The average molecular weight is 218 g/mol. The van der Waals surface area contributed by atoms with E-state index in [9.17, 15) is 0 Å². The minimum Gasteiger partial charge on any atom is -0.512 e. The van der Waals surface area contributed by atoms with E-state index < -0.39 is 0 Å². The predicted molar refractivity (Wildman–Crippen MR) is 19.9 cm³/mol. The fraction of sp³-hybridized carbons (Fsp3) is 0. The van der Waals surface area contributed by atoms with E-state index in [0.29, 0.717) is 0 Å². The van der Waals surface area contributed by atoms with E-state index >= 15 is 0 Å². The fourth-order valence-corrected chi connectivity index (χ4v) is 0. The molecule has 0 bridgehead atoms. The molecule has 0 aromatic carbocycles. The van der Waals surface area contributed by atoms with Crippen LogP contribution in [0.1, 0.15) is 0 Å². The number of hydrogen-bond acceptors (Lipinski definition) is 4. The van der Waals surface area contributed by atoms with Crippen molar-refractivity contribution in [1.29, 1.82) is 21.0 Å². The SMILES string of the molecule is [C-]#N.[C-]#N.[C-]#N.[C-]#N.[Co+2].[Mn+2]. The summed E-state index contributed by atoms with van der Waals surface area (Å²) < 4.78 is 0. The van der Waals surface area contributed by atoms with Crippen molar-refractivity contribution < 1.29 is 33.8 Å². The second-order valence-corrected chi connectivity index (χ2v) is 0. The van der Waals surface area contributed by atoms with E-state index in [1.54, 1.807) is 0 Å². The van der Waals surface area contributed by atoms with Gasteiger partial charge in [-0.15, -0.1) is 0 Å². The first-order valence-corrected chi connectivity index (χ1v) is 0.894. The monoisotopic (exact) mass is 218 g/mol. The number of rotatable bonds is 0. The van der Waals surface area contributed by atoms with Crippen molar-refractivity contribution in [2.45, 2.75) is 0 Å². The van der Waals surface area contributed by atoms with Crippen molar-refractivity contribution in [3.05, 3.63) is 26.3 Å². The molecule has 0 heterocycles. The third-order valence-electron chi connectivity index (χ3n) is 0.